The highest BCUT2D eigenvalue weighted by molar-refractivity contribution is 5.94. The molecule has 0 unspecified atom stereocenters. The van der Waals surface area contributed by atoms with Crippen LogP contribution in [0.1, 0.15) is 24.8 Å². The van der Waals surface area contributed by atoms with Crippen LogP contribution in [0, 0.1) is 0 Å². The van der Waals surface area contributed by atoms with Crippen molar-refractivity contribution < 1.29 is 4.79 Å². The van der Waals surface area contributed by atoms with E-state index in [4.69, 9.17) is 5.73 Å². The molecule has 0 saturated heterocycles. The van der Waals surface area contributed by atoms with Crippen molar-refractivity contribution >= 4 is 24.0 Å². The zero-order valence-corrected chi connectivity index (χ0v) is 10.7. The van der Waals surface area contributed by atoms with Gasteiger partial charge in [0.25, 0.3) is 0 Å². The van der Waals surface area contributed by atoms with E-state index in [9.17, 15) is 4.79 Å². The maximum atomic E-state index is 12.0. The summed E-state index contributed by atoms with van der Waals surface area (Å²) in [5.74, 6) is 0.150. The van der Waals surface area contributed by atoms with Crippen molar-refractivity contribution in [1.82, 2.24) is 0 Å². The molecule has 3 nitrogen and oxygen atoms in total. The third-order valence-corrected chi connectivity index (χ3v) is 3.02. The van der Waals surface area contributed by atoms with Gasteiger partial charge in [-0.25, -0.2) is 0 Å². The minimum atomic E-state index is 0. The number of carbonyl (C=O) groups excluding carboxylic acids is 1. The number of fused-ring (bicyclic) bond motifs is 1. The molecular weight excluding hydrogens is 236 g/mol. The zero-order chi connectivity index (χ0) is 11.4. The fourth-order valence-electron chi connectivity index (χ4n) is 2.21. The third kappa shape index (κ3) is 3.20. The first-order valence-corrected chi connectivity index (χ1v) is 5.91. The Bertz CT molecular complexity index is 381. The number of hydrogen-bond acceptors (Lipinski definition) is 2. The minimum Gasteiger partial charge on any atom is -0.330 e. The fourth-order valence-corrected chi connectivity index (χ4v) is 2.21. The maximum absolute atomic E-state index is 12.0. The molecule has 0 atom stereocenters. The average Bonchev–Trinajstić information content (AvgIpc) is 2.51. The Hall–Kier alpha value is -1.06. The largest absolute Gasteiger partial charge is 0.330 e. The summed E-state index contributed by atoms with van der Waals surface area (Å²) in [6.07, 6.45) is 3.74. The number of para-hydroxylation sites is 1. The van der Waals surface area contributed by atoms with Crippen molar-refractivity contribution in [2.45, 2.75) is 25.7 Å². The molecule has 0 spiro atoms. The van der Waals surface area contributed by atoms with Crippen molar-refractivity contribution in [3.8, 4) is 0 Å². The third-order valence-electron chi connectivity index (χ3n) is 3.02. The van der Waals surface area contributed by atoms with E-state index in [0.717, 1.165) is 31.5 Å². The number of hydrogen-bond donors (Lipinski definition) is 1. The molecule has 2 rings (SSSR count). The first kappa shape index (κ1) is 14.0. The monoisotopic (exact) mass is 254 g/mol. The lowest BCUT2D eigenvalue weighted by Gasteiger charge is -2.22. The molecule has 0 aliphatic carbocycles. The quantitative estimate of drug-likeness (QED) is 0.879. The molecule has 1 aromatic rings. The molecule has 1 aliphatic rings. The van der Waals surface area contributed by atoms with Crippen LogP contribution in [0.15, 0.2) is 24.3 Å². The van der Waals surface area contributed by atoms with Crippen molar-refractivity contribution in [2.75, 3.05) is 18.0 Å². The van der Waals surface area contributed by atoms with Crippen LogP contribution < -0.4 is 10.6 Å². The highest BCUT2D eigenvalue weighted by Crippen LogP contribution is 2.26. The number of benzene rings is 1. The van der Waals surface area contributed by atoms with Crippen LogP contribution in [0.3, 0.4) is 0 Å². The Morgan fingerprint density at radius 3 is 2.82 bits per heavy atom. The molecule has 17 heavy (non-hydrogen) atoms. The molecule has 1 aliphatic heterocycles. The van der Waals surface area contributed by atoms with Crippen LogP contribution in [0.2, 0.25) is 0 Å². The van der Waals surface area contributed by atoms with Gasteiger partial charge in [-0.15, -0.1) is 12.4 Å². The van der Waals surface area contributed by atoms with E-state index in [0.29, 0.717) is 13.0 Å². The normalized spacial score (nSPS) is 14.5. The molecule has 0 bridgehead atoms. The molecule has 4 heteroatoms. The van der Waals surface area contributed by atoms with Crippen molar-refractivity contribution in [3.63, 3.8) is 0 Å². The van der Waals surface area contributed by atoms with Gasteiger partial charge in [-0.05, 0) is 30.9 Å². The van der Waals surface area contributed by atoms with Crippen LogP contribution in [-0.4, -0.2) is 19.0 Å². The smallest absolute Gasteiger partial charge is 0.228 e. The summed E-state index contributed by atoms with van der Waals surface area (Å²) in [6.45, 7) is 1.26. The van der Waals surface area contributed by atoms with Gasteiger partial charge in [-0.1, -0.05) is 18.2 Å². The molecule has 94 valence electrons. The fraction of sp³-hybridized carbons (Fsp3) is 0.462. The Morgan fingerprint density at radius 2 is 2.06 bits per heavy atom. The predicted molar refractivity (Wildman–Crippen MR) is 72.7 cm³/mol. The summed E-state index contributed by atoms with van der Waals surface area (Å²) in [5, 5.41) is 0. The molecule has 1 aromatic carbocycles. The first-order valence-electron chi connectivity index (χ1n) is 5.91. The second-order valence-electron chi connectivity index (χ2n) is 4.17. The van der Waals surface area contributed by atoms with Gasteiger partial charge in [0.15, 0.2) is 0 Å². The number of halogens is 1. The Balaban J connectivity index is 0.00000144. The number of nitrogens with two attached hydrogens (primary N) is 1. The summed E-state index contributed by atoms with van der Waals surface area (Å²) in [6, 6.07) is 8.18. The van der Waals surface area contributed by atoms with Gasteiger partial charge in [0.2, 0.25) is 5.91 Å². The van der Waals surface area contributed by atoms with Crippen molar-refractivity contribution in [2.24, 2.45) is 5.73 Å². The van der Waals surface area contributed by atoms with Crippen molar-refractivity contribution in [1.29, 1.82) is 0 Å². The van der Waals surface area contributed by atoms with Crippen LogP contribution in [-0.2, 0) is 11.2 Å². The van der Waals surface area contributed by atoms with E-state index in [-0.39, 0.29) is 18.3 Å². The predicted octanol–water partition coefficient (Wildman–Crippen LogP) is 2.13. The number of rotatable bonds is 2. The minimum absolute atomic E-state index is 0. The average molecular weight is 255 g/mol. The van der Waals surface area contributed by atoms with Crippen LogP contribution >= 0.6 is 12.4 Å². The van der Waals surface area contributed by atoms with E-state index in [2.05, 4.69) is 6.07 Å². The summed E-state index contributed by atoms with van der Waals surface area (Å²) in [7, 11) is 0. The second kappa shape index (κ2) is 6.62. The number of carbonyl (C=O) groups is 1. The lowest BCUT2D eigenvalue weighted by Crippen LogP contribution is -2.33. The van der Waals surface area contributed by atoms with Gasteiger partial charge >= 0.3 is 0 Å². The topological polar surface area (TPSA) is 46.3 Å². The van der Waals surface area contributed by atoms with Gasteiger partial charge in [0, 0.05) is 25.2 Å². The van der Waals surface area contributed by atoms with E-state index in [1.54, 1.807) is 0 Å². The van der Waals surface area contributed by atoms with Gasteiger partial charge in [0.1, 0.15) is 0 Å². The van der Waals surface area contributed by atoms with E-state index >= 15 is 0 Å². The van der Waals surface area contributed by atoms with Gasteiger partial charge in [0.05, 0.1) is 0 Å². The van der Waals surface area contributed by atoms with Gasteiger partial charge in [-0.2, -0.15) is 0 Å². The molecule has 0 radical (unpaired) electrons. The van der Waals surface area contributed by atoms with Crippen LogP contribution in [0.5, 0.6) is 0 Å². The summed E-state index contributed by atoms with van der Waals surface area (Å²) < 4.78 is 0. The second-order valence-corrected chi connectivity index (χ2v) is 4.17. The summed E-state index contributed by atoms with van der Waals surface area (Å²) in [4.78, 5) is 13.9. The lowest BCUT2D eigenvalue weighted by atomic mass is 10.1. The summed E-state index contributed by atoms with van der Waals surface area (Å²) in [5.41, 5.74) is 7.81. The van der Waals surface area contributed by atoms with Crippen LogP contribution in [0.4, 0.5) is 5.69 Å². The molecule has 0 saturated carbocycles. The highest BCUT2D eigenvalue weighted by atomic mass is 35.5. The standard InChI is InChI=1S/C13H18N2O.ClH/c14-9-8-13(16)15-10-4-3-6-11-5-1-2-7-12(11)15;/h1-2,5,7H,3-4,6,8-10,14H2;1H. The summed E-state index contributed by atoms with van der Waals surface area (Å²) >= 11 is 0. The molecule has 0 fully saturated rings. The SMILES string of the molecule is Cl.NCCC(=O)N1CCCCc2ccccc21. The molecule has 1 amide bonds. The number of aryl methyl sites for hydroxylation is 1. The van der Waals surface area contributed by atoms with E-state index in [1.807, 2.05) is 23.1 Å². The number of anilines is 1. The lowest BCUT2D eigenvalue weighted by molar-refractivity contribution is -0.118. The van der Waals surface area contributed by atoms with Crippen molar-refractivity contribution in [3.05, 3.63) is 29.8 Å². The van der Waals surface area contributed by atoms with E-state index < -0.39 is 0 Å². The first-order chi connectivity index (χ1) is 7.83. The number of amides is 1. The van der Waals surface area contributed by atoms with Crippen LogP contribution in [0.25, 0.3) is 0 Å². The molecule has 2 N–H and O–H groups in total. The maximum Gasteiger partial charge on any atom is 0.228 e. The number of nitrogens with zero attached hydrogens (tertiary/aromatic N) is 1. The van der Waals surface area contributed by atoms with Gasteiger partial charge in [-0.3, -0.25) is 4.79 Å². The zero-order valence-electron chi connectivity index (χ0n) is 9.89. The molecular formula is C13H19ClN2O. The van der Waals surface area contributed by atoms with E-state index in [1.165, 1.54) is 5.56 Å². The highest BCUT2D eigenvalue weighted by Gasteiger charge is 2.19. The molecule has 1 heterocycles. The Labute approximate surface area is 108 Å². The van der Waals surface area contributed by atoms with Gasteiger partial charge < -0.3 is 10.6 Å². The Morgan fingerprint density at radius 1 is 1.29 bits per heavy atom. The molecule has 0 aromatic heterocycles. The Kier molecular flexibility index (Phi) is 5.45.